The summed E-state index contributed by atoms with van der Waals surface area (Å²) < 4.78 is 1.97. The fourth-order valence-electron chi connectivity index (χ4n) is 2.39. The lowest BCUT2D eigenvalue weighted by atomic mass is 10.0. The average molecular weight is 263 g/mol. The van der Waals surface area contributed by atoms with Gasteiger partial charge in [-0.1, -0.05) is 54.6 Å². The summed E-state index contributed by atoms with van der Waals surface area (Å²) in [6.45, 7) is 0.492. The molecule has 3 heteroatoms. The van der Waals surface area contributed by atoms with E-state index in [0.717, 1.165) is 17.0 Å². The van der Waals surface area contributed by atoms with Gasteiger partial charge in [0.1, 0.15) is 0 Å². The van der Waals surface area contributed by atoms with Gasteiger partial charge in [0.2, 0.25) is 0 Å². The van der Waals surface area contributed by atoms with Crippen LogP contribution in [0.5, 0.6) is 0 Å². The van der Waals surface area contributed by atoms with Crippen LogP contribution in [0.25, 0.3) is 22.4 Å². The standard InChI is InChI=1S/C17H17N3/c1-20-12-19-17(16(20)11-18)15-9-7-14(8-10-15)13-5-3-2-4-6-13/h2-10,12H,11,18H2,1H3. The van der Waals surface area contributed by atoms with E-state index < -0.39 is 0 Å². The van der Waals surface area contributed by atoms with E-state index in [9.17, 15) is 0 Å². The molecule has 0 spiro atoms. The molecule has 100 valence electrons. The van der Waals surface area contributed by atoms with Crippen LogP contribution in [0.3, 0.4) is 0 Å². The summed E-state index contributed by atoms with van der Waals surface area (Å²) in [6.07, 6.45) is 1.81. The van der Waals surface area contributed by atoms with Gasteiger partial charge in [-0.25, -0.2) is 4.98 Å². The third-order valence-corrected chi connectivity index (χ3v) is 3.52. The van der Waals surface area contributed by atoms with Crippen molar-refractivity contribution in [2.75, 3.05) is 0 Å². The molecule has 0 aliphatic carbocycles. The molecule has 1 heterocycles. The zero-order chi connectivity index (χ0) is 13.9. The molecule has 0 saturated heterocycles. The highest BCUT2D eigenvalue weighted by Gasteiger charge is 2.09. The Labute approximate surface area is 118 Å². The lowest BCUT2D eigenvalue weighted by Gasteiger charge is -2.05. The van der Waals surface area contributed by atoms with E-state index in [-0.39, 0.29) is 0 Å². The number of hydrogen-bond acceptors (Lipinski definition) is 2. The summed E-state index contributed by atoms with van der Waals surface area (Å²) in [7, 11) is 1.97. The molecule has 3 rings (SSSR count). The van der Waals surface area contributed by atoms with Crippen molar-refractivity contribution in [3.05, 3.63) is 66.6 Å². The molecule has 2 N–H and O–H groups in total. The quantitative estimate of drug-likeness (QED) is 0.788. The molecule has 0 amide bonds. The predicted octanol–water partition coefficient (Wildman–Crippen LogP) is 3.21. The van der Waals surface area contributed by atoms with Gasteiger partial charge in [-0.3, -0.25) is 0 Å². The molecule has 0 saturated carbocycles. The van der Waals surface area contributed by atoms with Crippen molar-refractivity contribution in [3.63, 3.8) is 0 Å². The zero-order valence-corrected chi connectivity index (χ0v) is 11.5. The molecule has 0 bridgehead atoms. The Balaban J connectivity index is 1.97. The normalized spacial score (nSPS) is 10.7. The van der Waals surface area contributed by atoms with Gasteiger partial charge in [-0.2, -0.15) is 0 Å². The van der Waals surface area contributed by atoms with Crippen molar-refractivity contribution < 1.29 is 0 Å². The summed E-state index contributed by atoms with van der Waals surface area (Å²) in [5.74, 6) is 0. The Morgan fingerprint density at radius 3 is 2.15 bits per heavy atom. The van der Waals surface area contributed by atoms with Crippen molar-refractivity contribution in [1.29, 1.82) is 0 Å². The summed E-state index contributed by atoms with van der Waals surface area (Å²) in [4.78, 5) is 4.44. The van der Waals surface area contributed by atoms with Crippen molar-refractivity contribution >= 4 is 0 Å². The first-order valence-corrected chi connectivity index (χ1v) is 6.65. The number of hydrogen-bond donors (Lipinski definition) is 1. The second-order valence-corrected chi connectivity index (χ2v) is 4.80. The first-order chi connectivity index (χ1) is 9.79. The number of benzene rings is 2. The van der Waals surface area contributed by atoms with Crippen molar-refractivity contribution in [2.45, 2.75) is 6.54 Å². The smallest absolute Gasteiger partial charge is 0.0953 e. The molecule has 0 radical (unpaired) electrons. The molecular weight excluding hydrogens is 246 g/mol. The highest BCUT2D eigenvalue weighted by Crippen LogP contribution is 2.25. The molecule has 0 fully saturated rings. The maximum Gasteiger partial charge on any atom is 0.0953 e. The van der Waals surface area contributed by atoms with Crippen molar-refractivity contribution in [3.8, 4) is 22.4 Å². The molecule has 0 unspecified atom stereocenters. The second kappa shape index (κ2) is 5.31. The van der Waals surface area contributed by atoms with Crippen LogP contribution in [0, 0.1) is 0 Å². The molecule has 3 aromatic rings. The van der Waals surface area contributed by atoms with Crippen LogP contribution in [0.4, 0.5) is 0 Å². The van der Waals surface area contributed by atoms with Gasteiger partial charge in [0.05, 0.1) is 17.7 Å². The van der Waals surface area contributed by atoms with Gasteiger partial charge in [-0.15, -0.1) is 0 Å². The number of imidazole rings is 1. The minimum absolute atomic E-state index is 0.492. The highest BCUT2D eigenvalue weighted by atomic mass is 15.0. The third-order valence-electron chi connectivity index (χ3n) is 3.52. The fourth-order valence-corrected chi connectivity index (χ4v) is 2.39. The molecule has 0 atom stereocenters. The van der Waals surface area contributed by atoms with Gasteiger partial charge >= 0.3 is 0 Å². The number of aromatic nitrogens is 2. The van der Waals surface area contributed by atoms with Gasteiger partial charge < -0.3 is 10.3 Å². The van der Waals surface area contributed by atoms with Crippen LogP contribution in [0.15, 0.2) is 60.9 Å². The average Bonchev–Trinajstić information content (AvgIpc) is 2.89. The minimum Gasteiger partial charge on any atom is -0.336 e. The fraction of sp³-hybridized carbons (Fsp3) is 0.118. The largest absolute Gasteiger partial charge is 0.336 e. The number of nitrogens with two attached hydrogens (primary N) is 1. The molecule has 3 nitrogen and oxygen atoms in total. The molecule has 20 heavy (non-hydrogen) atoms. The van der Waals surface area contributed by atoms with Crippen molar-refractivity contribution in [1.82, 2.24) is 9.55 Å². The maximum absolute atomic E-state index is 5.79. The Bertz CT molecular complexity index is 697. The lowest BCUT2D eigenvalue weighted by molar-refractivity contribution is 0.822. The minimum atomic E-state index is 0.492. The first kappa shape index (κ1) is 12.6. The van der Waals surface area contributed by atoms with E-state index in [1.165, 1.54) is 11.1 Å². The van der Waals surface area contributed by atoms with E-state index in [0.29, 0.717) is 6.54 Å². The molecule has 0 aliphatic heterocycles. The Morgan fingerprint density at radius 2 is 1.50 bits per heavy atom. The van der Waals surface area contributed by atoms with Crippen LogP contribution in [0.1, 0.15) is 5.69 Å². The molecule has 1 aromatic heterocycles. The number of aryl methyl sites for hydroxylation is 1. The SMILES string of the molecule is Cn1cnc(-c2ccc(-c3ccccc3)cc2)c1CN. The van der Waals surface area contributed by atoms with E-state index in [1.807, 2.05) is 24.0 Å². The topological polar surface area (TPSA) is 43.8 Å². The van der Waals surface area contributed by atoms with Crippen LogP contribution < -0.4 is 5.73 Å². The van der Waals surface area contributed by atoms with E-state index in [2.05, 4.69) is 53.5 Å². The molecular formula is C17H17N3. The number of rotatable bonds is 3. The second-order valence-electron chi connectivity index (χ2n) is 4.80. The predicted molar refractivity (Wildman–Crippen MR) is 82.0 cm³/mol. The zero-order valence-electron chi connectivity index (χ0n) is 11.5. The van der Waals surface area contributed by atoms with Crippen LogP contribution in [0.2, 0.25) is 0 Å². The van der Waals surface area contributed by atoms with E-state index in [1.54, 1.807) is 0 Å². The molecule has 2 aromatic carbocycles. The third kappa shape index (κ3) is 2.24. The van der Waals surface area contributed by atoms with Gasteiger partial charge in [0.25, 0.3) is 0 Å². The van der Waals surface area contributed by atoms with Gasteiger partial charge in [-0.05, 0) is 11.1 Å². The lowest BCUT2D eigenvalue weighted by Crippen LogP contribution is -2.04. The Morgan fingerprint density at radius 1 is 0.900 bits per heavy atom. The monoisotopic (exact) mass is 263 g/mol. The van der Waals surface area contributed by atoms with Crippen LogP contribution in [-0.2, 0) is 13.6 Å². The Kier molecular flexibility index (Phi) is 3.35. The summed E-state index contributed by atoms with van der Waals surface area (Å²) in [5, 5.41) is 0. The Hall–Kier alpha value is -2.39. The molecule has 0 aliphatic rings. The summed E-state index contributed by atoms with van der Waals surface area (Å²) in [5.41, 5.74) is 11.3. The highest BCUT2D eigenvalue weighted by molar-refractivity contribution is 5.69. The van der Waals surface area contributed by atoms with Gasteiger partial charge in [0, 0.05) is 19.2 Å². The number of nitrogens with zero attached hydrogens (tertiary/aromatic N) is 2. The summed E-state index contributed by atoms with van der Waals surface area (Å²) in [6, 6.07) is 18.8. The summed E-state index contributed by atoms with van der Waals surface area (Å²) >= 11 is 0. The first-order valence-electron chi connectivity index (χ1n) is 6.65. The van der Waals surface area contributed by atoms with Crippen LogP contribution >= 0.6 is 0 Å². The van der Waals surface area contributed by atoms with Gasteiger partial charge in [0.15, 0.2) is 0 Å². The van der Waals surface area contributed by atoms with E-state index >= 15 is 0 Å². The maximum atomic E-state index is 5.79. The van der Waals surface area contributed by atoms with Crippen LogP contribution in [-0.4, -0.2) is 9.55 Å². The van der Waals surface area contributed by atoms with E-state index in [4.69, 9.17) is 5.73 Å². The van der Waals surface area contributed by atoms with Crippen molar-refractivity contribution in [2.24, 2.45) is 12.8 Å².